The molecule has 0 unspecified atom stereocenters. The molecule has 0 saturated carbocycles. The lowest BCUT2D eigenvalue weighted by Gasteiger charge is -2.32. The third-order valence-corrected chi connectivity index (χ3v) is 3.39. The average Bonchev–Trinajstić information content (AvgIpc) is 2.26. The predicted octanol–water partition coefficient (Wildman–Crippen LogP) is 1.86. The highest BCUT2D eigenvalue weighted by molar-refractivity contribution is 14.1. The number of piperazine rings is 1. The molecule has 1 aliphatic rings. The number of rotatable bonds is 1. The number of hydrogen-bond acceptors (Lipinski definition) is 2. The quantitative estimate of drug-likeness (QED) is 0.786. The van der Waals surface area contributed by atoms with Gasteiger partial charge in [0.25, 0.3) is 5.91 Å². The van der Waals surface area contributed by atoms with Crippen LogP contribution in [0.5, 0.6) is 0 Å². The second-order valence-electron chi connectivity index (χ2n) is 4.26. The van der Waals surface area contributed by atoms with E-state index >= 15 is 0 Å². The molecule has 1 atom stereocenters. The van der Waals surface area contributed by atoms with Crippen LogP contribution in [0.1, 0.15) is 17.3 Å². The van der Waals surface area contributed by atoms with E-state index in [0.29, 0.717) is 24.7 Å². The zero-order chi connectivity index (χ0) is 12.4. The predicted molar refractivity (Wildman–Crippen MR) is 72.5 cm³/mol. The van der Waals surface area contributed by atoms with E-state index in [4.69, 9.17) is 0 Å². The summed E-state index contributed by atoms with van der Waals surface area (Å²) in [5, 5.41) is 3.27. The molecule has 0 spiro atoms. The molecule has 1 fully saturated rings. The molecule has 92 valence electrons. The topological polar surface area (TPSA) is 32.3 Å². The van der Waals surface area contributed by atoms with Gasteiger partial charge in [0.2, 0.25) is 0 Å². The van der Waals surface area contributed by atoms with Gasteiger partial charge >= 0.3 is 0 Å². The van der Waals surface area contributed by atoms with Gasteiger partial charge in [0.1, 0.15) is 5.82 Å². The van der Waals surface area contributed by atoms with E-state index in [1.165, 1.54) is 12.1 Å². The molecule has 0 bridgehead atoms. The molecular weight excluding hydrogens is 334 g/mol. The van der Waals surface area contributed by atoms with E-state index in [1.54, 1.807) is 11.0 Å². The molecule has 1 saturated heterocycles. The van der Waals surface area contributed by atoms with Gasteiger partial charge in [-0.2, -0.15) is 0 Å². The van der Waals surface area contributed by atoms with Crippen LogP contribution in [0.15, 0.2) is 18.2 Å². The zero-order valence-electron chi connectivity index (χ0n) is 9.54. The maximum absolute atomic E-state index is 13.2. The Morgan fingerprint density at radius 1 is 1.53 bits per heavy atom. The molecule has 1 heterocycles. The number of amides is 1. The first-order valence-corrected chi connectivity index (χ1v) is 6.63. The summed E-state index contributed by atoms with van der Waals surface area (Å²) >= 11 is 2.02. The molecule has 0 radical (unpaired) electrons. The summed E-state index contributed by atoms with van der Waals surface area (Å²) in [6, 6.07) is 4.73. The summed E-state index contributed by atoms with van der Waals surface area (Å²) in [5.74, 6) is -0.445. The van der Waals surface area contributed by atoms with Gasteiger partial charge in [-0.3, -0.25) is 4.79 Å². The fourth-order valence-electron chi connectivity index (χ4n) is 1.98. The lowest BCUT2D eigenvalue weighted by Crippen LogP contribution is -2.51. The van der Waals surface area contributed by atoms with Crippen molar-refractivity contribution in [3.8, 4) is 0 Å². The second-order valence-corrected chi connectivity index (χ2v) is 5.51. The number of nitrogens with one attached hydrogen (secondary N) is 1. The fourth-order valence-corrected chi connectivity index (χ4v) is 2.61. The molecule has 1 aromatic rings. The first kappa shape index (κ1) is 12.8. The molecule has 1 amide bonds. The summed E-state index contributed by atoms with van der Waals surface area (Å²) in [6.45, 7) is 4.18. The van der Waals surface area contributed by atoms with Crippen LogP contribution in [-0.4, -0.2) is 36.5 Å². The minimum atomic E-state index is -0.358. The molecule has 2 rings (SSSR count). The number of carbonyl (C=O) groups excluding carboxylic acids is 1. The Labute approximate surface area is 114 Å². The van der Waals surface area contributed by atoms with Crippen molar-refractivity contribution in [2.24, 2.45) is 0 Å². The largest absolute Gasteiger partial charge is 0.336 e. The van der Waals surface area contributed by atoms with Gasteiger partial charge in [-0.1, -0.05) is 0 Å². The third kappa shape index (κ3) is 3.16. The van der Waals surface area contributed by atoms with Crippen LogP contribution in [0.2, 0.25) is 0 Å². The van der Waals surface area contributed by atoms with Crippen molar-refractivity contribution in [3.05, 3.63) is 33.1 Å². The van der Waals surface area contributed by atoms with Gasteiger partial charge in [0.05, 0.1) is 0 Å². The van der Waals surface area contributed by atoms with Crippen molar-refractivity contribution in [3.63, 3.8) is 0 Å². The van der Waals surface area contributed by atoms with Crippen molar-refractivity contribution in [2.45, 2.75) is 13.0 Å². The lowest BCUT2D eigenvalue weighted by atomic mass is 10.1. The molecular formula is C12H14FIN2O. The maximum atomic E-state index is 13.2. The van der Waals surface area contributed by atoms with Crippen molar-refractivity contribution >= 4 is 28.5 Å². The molecule has 1 aliphatic heterocycles. The van der Waals surface area contributed by atoms with Crippen LogP contribution in [-0.2, 0) is 0 Å². The standard InChI is InChI=1S/C12H14FIN2O/c1-8-7-16(3-2-15-8)12(17)9-4-10(13)6-11(14)5-9/h4-6,8,15H,2-3,7H2,1H3/t8-/m0/s1. The lowest BCUT2D eigenvalue weighted by molar-refractivity contribution is 0.0708. The van der Waals surface area contributed by atoms with E-state index in [2.05, 4.69) is 5.32 Å². The average molecular weight is 348 g/mol. The third-order valence-electron chi connectivity index (χ3n) is 2.77. The van der Waals surface area contributed by atoms with Crippen LogP contribution < -0.4 is 5.32 Å². The van der Waals surface area contributed by atoms with Gasteiger partial charge in [0.15, 0.2) is 0 Å². The maximum Gasteiger partial charge on any atom is 0.254 e. The SMILES string of the molecule is C[C@H]1CN(C(=O)c2cc(F)cc(I)c2)CCN1. The Hall–Kier alpha value is -0.690. The van der Waals surface area contributed by atoms with Gasteiger partial charge in [0, 0.05) is 34.8 Å². The summed E-state index contributed by atoms with van der Waals surface area (Å²) < 4.78 is 14.0. The molecule has 1 N–H and O–H groups in total. The van der Waals surface area contributed by atoms with Crippen molar-refractivity contribution < 1.29 is 9.18 Å². The molecule has 0 aromatic heterocycles. The Balaban J connectivity index is 2.18. The van der Waals surface area contributed by atoms with Gasteiger partial charge < -0.3 is 10.2 Å². The Morgan fingerprint density at radius 2 is 2.29 bits per heavy atom. The van der Waals surface area contributed by atoms with Crippen LogP contribution >= 0.6 is 22.6 Å². The minimum absolute atomic E-state index is 0.0873. The van der Waals surface area contributed by atoms with E-state index in [9.17, 15) is 9.18 Å². The van der Waals surface area contributed by atoms with Crippen molar-refractivity contribution in [2.75, 3.05) is 19.6 Å². The van der Waals surface area contributed by atoms with Crippen molar-refractivity contribution in [1.82, 2.24) is 10.2 Å². The number of halogens is 2. The van der Waals surface area contributed by atoms with E-state index in [1.807, 2.05) is 29.5 Å². The summed E-state index contributed by atoms with van der Waals surface area (Å²) in [4.78, 5) is 13.9. The van der Waals surface area contributed by atoms with E-state index in [-0.39, 0.29) is 11.7 Å². The van der Waals surface area contributed by atoms with E-state index in [0.717, 1.165) is 10.1 Å². The normalized spacial score (nSPS) is 20.4. The fraction of sp³-hybridized carbons (Fsp3) is 0.417. The van der Waals surface area contributed by atoms with Crippen LogP contribution in [0.3, 0.4) is 0 Å². The molecule has 3 nitrogen and oxygen atoms in total. The van der Waals surface area contributed by atoms with Crippen LogP contribution in [0.25, 0.3) is 0 Å². The summed E-state index contributed by atoms with van der Waals surface area (Å²) in [6.07, 6.45) is 0. The first-order chi connectivity index (χ1) is 8.06. The Morgan fingerprint density at radius 3 is 2.94 bits per heavy atom. The highest BCUT2D eigenvalue weighted by Gasteiger charge is 2.22. The van der Waals surface area contributed by atoms with Crippen LogP contribution in [0, 0.1) is 9.39 Å². The minimum Gasteiger partial charge on any atom is -0.336 e. The Bertz CT molecular complexity index is 418. The first-order valence-electron chi connectivity index (χ1n) is 5.55. The summed E-state index contributed by atoms with van der Waals surface area (Å²) in [7, 11) is 0. The second kappa shape index (κ2) is 5.30. The number of carbonyl (C=O) groups is 1. The summed E-state index contributed by atoms with van der Waals surface area (Å²) in [5.41, 5.74) is 0.434. The molecule has 17 heavy (non-hydrogen) atoms. The number of hydrogen-bond donors (Lipinski definition) is 1. The Kier molecular flexibility index (Phi) is 3.98. The number of benzene rings is 1. The van der Waals surface area contributed by atoms with Gasteiger partial charge in [-0.25, -0.2) is 4.39 Å². The molecule has 5 heteroatoms. The molecule has 1 aromatic carbocycles. The van der Waals surface area contributed by atoms with Crippen molar-refractivity contribution in [1.29, 1.82) is 0 Å². The zero-order valence-corrected chi connectivity index (χ0v) is 11.7. The highest BCUT2D eigenvalue weighted by Crippen LogP contribution is 2.14. The van der Waals surface area contributed by atoms with Gasteiger partial charge in [-0.15, -0.1) is 0 Å². The smallest absolute Gasteiger partial charge is 0.254 e. The number of nitrogens with zero attached hydrogens (tertiary/aromatic N) is 1. The van der Waals surface area contributed by atoms with Crippen LogP contribution in [0.4, 0.5) is 4.39 Å². The monoisotopic (exact) mass is 348 g/mol. The van der Waals surface area contributed by atoms with E-state index < -0.39 is 0 Å². The van der Waals surface area contributed by atoms with Gasteiger partial charge in [-0.05, 0) is 47.7 Å². The molecule has 0 aliphatic carbocycles. The highest BCUT2D eigenvalue weighted by atomic mass is 127.